The molecule has 0 radical (unpaired) electrons. The lowest BCUT2D eigenvalue weighted by molar-refractivity contribution is 0.0994. The second-order valence-corrected chi connectivity index (χ2v) is 4.98. The molecule has 106 valence electrons. The van der Waals surface area contributed by atoms with Crippen LogP contribution < -0.4 is 10.5 Å². The van der Waals surface area contributed by atoms with E-state index < -0.39 is 11.7 Å². The third-order valence-corrected chi connectivity index (χ3v) is 3.59. The van der Waals surface area contributed by atoms with Crippen molar-refractivity contribution < 1.29 is 13.9 Å². The van der Waals surface area contributed by atoms with Gasteiger partial charge in [-0.05, 0) is 22.0 Å². The summed E-state index contributed by atoms with van der Waals surface area (Å²) in [6.07, 6.45) is 2.96. The quantitative estimate of drug-likeness (QED) is 0.759. The van der Waals surface area contributed by atoms with Gasteiger partial charge in [0.05, 0.1) is 10.7 Å². The summed E-state index contributed by atoms with van der Waals surface area (Å²) < 4.78 is 20.0. The zero-order chi connectivity index (χ0) is 15.0. The highest BCUT2D eigenvalue weighted by atomic mass is 79.9. The predicted molar refractivity (Wildman–Crippen MR) is 76.6 cm³/mol. The Morgan fingerprint density at radius 1 is 1.43 bits per heavy atom. The van der Waals surface area contributed by atoms with Crippen LogP contribution in [0, 0.1) is 5.82 Å². The molecule has 3 rings (SSSR count). The minimum Gasteiger partial charge on any atom is -0.451 e. The van der Waals surface area contributed by atoms with Gasteiger partial charge in [-0.25, -0.2) is 4.39 Å². The molecule has 6 nitrogen and oxygen atoms in total. The molecule has 0 aliphatic rings. The first-order chi connectivity index (χ1) is 10.1. The molecule has 0 unspecified atom stereocenters. The number of nitrogens with one attached hydrogen (secondary N) is 1. The molecule has 2 aromatic heterocycles. The number of fused-ring (bicyclic) bond motifs is 1. The molecule has 0 saturated carbocycles. The molecule has 1 amide bonds. The van der Waals surface area contributed by atoms with Crippen LogP contribution >= 0.6 is 15.9 Å². The molecule has 0 spiro atoms. The number of aromatic amines is 1. The van der Waals surface area contributed by atoms with E-state index in [9.17, 15) is 9.18 Å². The second kappa shape index (κ2) is 5.13. The monoisotopic (exact) mass is 350 g/mol. The Labute approximate surface area is 126 Å². The summed E-state index contributed by atoms with van der Waals surface area (Å²) >= 11 is 3.30. The van der Waals surface area contributed by atoms with Gasteiger partial charge in [-0.2, -0.15) is 5.10 Å². The summed E-state index contributed by atoms with van der Waals surface area (Å²) in [5.74, 6) is -1.15. The number of aromatic nitrogens is 3. The van der Waals surface area contributed by atoms with Crippen LogP contribution in [-0.2, 0) is 0 Å². The Kier molecular flexibility index (Phi) is 3.30. The number of benzene rings is 1. The summed E-state index contributed by atoms with van der Waals surface area (Å²) in [5, 5.41) is 7.91. The number of hydrogen-bond donors (Lipinski definition) is 2. The SMILES string of the molecule is NC(=O)c1cc(Oc2c(F)cc3[nH]ccc3c2Br)cnn1. The van der Waals surface area contributed by atoms with Crippen LogP contribution in [0.2, 0.25) is 0 Å². The number of hydrogen-bond acceptors (Lipinski definition) is 4. The number of carbonyl (C=O) groups excluding carboxylic acids is 1. The Morgan fingerprint density at radius 3 is 3.00 bits per heavy atom. The summed E-state index contributed by atoms with van der Waals surface area (Å²) in [6.45, 7) is 0. The van der Waals surface area contributed by atoms with Crippen LogP contribution in [0.15, 0.2) is 35.1 Å². The highest BCUT2D eigenvalue weighted by Gasteiger charge is 2.15. The van der Waals surface area contributed by atoms with Crippen molar-refractivity contribution in [2.45, 2.75) is 0 Å². The van der Waals surface area contributed by atoms with E-state index in [1.54, 1.807) is 12.3 Å². The molecule has 8 heteroatoms. The van der Waals surface area contributed by atoms with Gasteiger partial charge in [0.2, 0.25) is 0 Å². The fraction of sp³-hybridized carbons (Fsp3) is 0. The molecule has 2 heterocycles. The van der Waals surface area contributed by atoms with Crippen molar-refractivity contribution in [3.8, 4) is 11.5 Å². The van der Waals surface area contributed by atoms with Crippen molar-refractivity contribution >= 4 is 32.7 Å². The average molecular weight is 351 g/mol. The Morgan fingerprint density at radius 2 is 2.24 bits per heavy atom. The standard InChI is InChI=1S/C13H8BrFN4O2/c14-11-7-1-2-17-9(7)4-8(15)12(11)21-6-3-10(13(16)20)19-18-5-6/h1-5,17H,(H2,16,20). The highest BCUT2D eigenvalue weighted by Crippen LogP contribution is 2.37. The average Bonchev–Trinajstić information content (AvgIpc) is 2.92. The van der Waals surface area contributed by atoms with Crippen LogP contribution in [0.3, 0.4) is 0 Å². The lowest BCUT2D eigenvalue weighted by Gasteiger charge is -2.09. The second-order valence-electron chi connectivity index (χ2n) is 4.18. The zero-order valence-corrected chi connectivity index (χ0v) is 12.0. The number of H-pyrrole nitrogens is 1. The normalized spacial score (nSPS) is 10.8. The molecule has 1 aromatic carbocycles. The smallest absolute Gasteiger partial charge is 0.269 e. The molecule has 3 N–H and O–H groups in total. The minimum absolute atomic E-state index is 0.00878. The maximum absolute atomic E-state index is 14.1. The number of carbonyl (C=O) groups is 1. The maximum Gasteiger partial charge on any atom is 0.269 e. The zero-order valence-electron chi connectivity index (χ0n) is 10.4. The van der Waals surface area contributed by atoms with E-state index in [0.29, 0.717) is 9.99 Å². The van der Waals surface area contributed by atoms with Crippen molar-refractivity contribution in [1.82, 2.24) is 15.2 Å². The minimum atomic E-state index is -0.742. The van der Waals surface area contributed by atoms with Crippen molar-refractivity contribution in [2.75, 3.05) is 0 Å². The first kappa shape index (κ1) is 13.5. The molecule has 0 aliphatic heterocycles. The maximum atomic E-state index is 14.1. The van der Waals surface area contributed by atoms with Crippen molar-refractivity contribution in [1.29, 1.82) is 0 Å². The van der Waals surface area contributed by atoms with Crippen molar-refractivity contribution in [3.05, 3.63) is 46.6 Å². The molecule has 0 fully saturated rings. The van der Waals surface area contributed by atoms with Crippen LogP contribution in [0.4, 0.5) is 4.39 Å². The lowest BCUT2D eigenvalue weighted by atomic mass is 10.2. The molecular weight excluding hydrogens is 343 g/mol. The highest BCUT2D eigenvalue weighted by molar-refractivity contribution is 9.10. The van der Waals surface area contributed by atoms with Gasteiger partial charge in [-0.3, -0.25) is 4.79 Å². The summed E-state index contributed by atoms with van der Waals surface area (Å²) in [7, 11) is 0. The van der Waals surface area contributed by atoms with Gasteiger partial charge < -0.3 is 15.5 Å². The third-order valence-electron chi connectivity index (χ3n) is 2.80. The third kappa shape index (κ3) is 2.45. The Bertz CT molecular complexity index is 849. The largest absolute Gasteiger partial charge is 0.451 e. The van der Waals surface area contributed by atoms with Crippen LogP contribution in [-0.4, -0.2) is 21.1 Å². The van der Waals surface area contributed by atoms with Gasteiger partial charge in [-0.1, -0.05) is 0 Å². The van der Waals surface area contributed by atoms with Crippen LogP contribution in [0.1, 0.15) is 10.5 Å². The van der Waals surface area contributed by atoms with E-state index in [1.807, 2.05) is 0 Å². The molecule has 3 aromatic rings. The number of nitrogens with zero attached hydrogens (tertiary/aromatic N) is 2. The molecule has 0 saturated heterocycles. The Balaban J connectivity index is 2.05. The molecule has 21 heavy (non-hydrogen) atoms. The van der Waals surface area contributed by atoms with Gasteiger partial charge in [-0.15, -0.1) is 5.10 Å². The van der Waals surface area contributed by atoms with Crippen molar-refractivity contribution in [2.24, 2.45) is 5.73 Å². The first-order valence-electron chi connectivity index (χ1n) is 5.81. The predicted octanol–water partition coefficient (Wildman–Crippen LogP) is 2.75. The number of halogens is 2. The first-order valence-corrected chi connectivity index (χ1v) is 6.61. The Hall–Kier alpha value is -2.48. The summed E-state index contributed by atoms with van der Waals surface area (Å²) in [6, 6.07) is 4.40. The number of nitrogens with two attached hydrogens (primary N) is 1. The number of rotatable bonds is 3. The summed E-state index contributed by atoms with van der Waals surface area (Å²) in [5.41, 5.74) is 5.69. The number of primary amides is 1. The van der Waals surface area contributed by atoms with Gasteiger partial charge in [0.1, 0.15) is 5.75 Å². The van der Waals surface area contributed by atoms with E-state index >= 15 is 0 Å². The lowest BCUT2D eigenvalue weighted by Crippen LogP contribution is -2.13. The van der Waals surface area contributed by atoms with E-state index in [0.717, 1.165) is 5.39 Å². The number of ether oxygens (including phenoxy) is 1. The molecule has 0 atom stereocenters. The van der Waals surface area contributed by atoms with Crippen LogP contribution in [0.25, 0.3) is 10.9 Å². The molecular formula is C13H8BrFN4O2. The summed E-state index contributed by atoms with van der Waals surface area (Å²) in [4.78, 5) is 14.0. The topological polar surface area (TPSA) is 93.9 Å². The van der Waals surface area contributed by atoms with Crippen molar-refractivity contribution in [3.63, 3.8) is 0 Å². The van der Waals surface area contributed by atoms with Gasteiger partial charge in [0, 0.05) is 29.2 Å². The van der Waals surface area contributed by atoms with Gasteiger partial charge in [0.25, 0.3) is 5.91 Å². The van der Waals surface area contributed by atoms with E-state index in [1.165, 1.54) is 18.3 Å². The fourth-order valence-corrected chi connectivity index (χ4v) is 2.47. The fourth-order valence-electron chi connectivity index (χ4n) is 1.85. The molecule has 0 aliphatic carbocycles. The van der Waals surface area contributed by atoms with E-state index in [-0.39, 0.29) is 17.2 Å². The van der Waals surface area contributed by atoms with Crippen LogP contribution in [0.5, 0.6) is 11.5 Å². The van der Waals surface area contributed by atoms with E-state index in [2.05, 4.69) is 31.1 Å². The number of amides is 1. The molecule has 0 bridgehead atoms. The van der Waals surface area contributed by atoms with Gasteiger partial charge in [0.15, 0.2) is 17.3 Å². The van der Waals surface area contributed by atoms with E-state index in [4.69, 9.17) is 10.5 Å². The van der Waals surface area contributed by atoms with Gasteiger partial charge >= 0.3 is 0 Å².